The molecule has 3 aromatic rings. The van der Waals surface area contributed by atoms with Crippen molar-refractivity contribution in [2.75, 3.05) is 0 Å². The van der Waals surface area contributed by atoms with Crippen LogP contribution in [0.1, 0.15) is 45.7 Å². The number of hydrogen-bond acceptors (Lipinski definition) is 7. The molecule has 1 atom stereocenters. The predicted molar refractivity (Wildman–Crippen MR) is 117 cm³/mol. The smallest absolute Gasteiger partial charge is 0.344 e. The van der Waals surface area contributed by atoms with E-state index in [-0.39, 0.29) is 13.0 Å². The van der Waals surface area contributed by atoms with Crippen LogP contribution in [0.25, 0.3) is 0 Å². The highest BCUT2D eigenvalue weighted by Gasteiger charge is 2.39. The van der Waals surface area contributed by atoms with E-state index < -0.39 is 17.5 Å². The van der Waals surface area contributed by atoms with Crippen LogP contribution in [0.3, 0.4) is 0 Å². The number of carbonyl (C=O) groups is 2. The molecule has 0 aliphatic rings. The van der Waals surface area contributed by atoms with E-state index in [9.17, 15) is 14.7 Å². The second kappa shape index (κ2) is 10.8. The van der Waals surface area contributed by atoms with Crippen molar-refractivity contribution in [1.29, 1.82) is 0 Å². The molecule has 0 aliphatic heterocycles. The summed E-state index contributed by atoms with van der Waals surface area (Å²) in [6, 6.07) is 7.20. The third-order valence-corrected chi connectivity index (χ3v) is 5.75. The zero-order valence-corrected chi connectivity index (χ0v) is 18.0. The van der Waals surface area contributed by atoms with Gasteiger partial charge in [0, 0.05) is 42.8 Å². The van der Waals surface area contributed by atoms with Crippen LogP contribution in [0, 0.1) is 0 Å². The van der Waals surface area contributed by atoms with Gasteiger partial charge in [-0.25, -0.2) is 9.78 Å². The molecule has 0 fully saturated rings. The van der Waals surface area contributed by atoms with Gasteiger partial charge in [-0.05, 0) is 30.2 Å². The zero-order chi connectivity index (χ0) is 22.1. The maximum absolute atomic E-state index is 12.9. The number of aliphatic carboxylic acids is 1. The largest absolute Gasteiger partial charge is 0.478 e. The lowest BCUT2D eigenvalue weighted by Gasteiger charge is -2.31. The minimum atomic E-state index is -1.57. The molecule has 0 aromatic carbocycles. The topological polar surface area (TPSA) is 132 Å². The van der Waals surface area contributed by atoms with E-state index in [2.05, 4.69) is 30.9 Å². The number of hydrogen-bond donors (Lipinski definition) is 5. The number of H-pyrrole nitrogens is 1. The summed E-state index contributed by atoms with van der Waals surface area (Å²) < 4.78 is 0. The lowest BCUT2D eigenvalue weighted by Crippen LogP contribution is -2.63. The predicted octanol–water partition coefficient (Wildman–Crippen LogP) is 2.26. The van der Waals surface area contributed by atoms with Gasteiger partial charge < -0.3 is 20.7 Å². The second-order valence-electron chi connectivity index (χ2n) is 7.03. The molecule has 0 radical (unpaired) electrons. The maximum atomic E-state index is 12.9. The van der Waals surface area contributed by atoms with Crippen LogP contribution in [0.5, 0.6) is 0 Å². The zero-order valence-electron chi connectivity index (χ0n) is 17.2. The van der Waals surface area contributed by atoms with E-state index in [1.54, 1.807) is 36.9 Å². The Kier molecular flexibility index (Phi) is 7.88. The Labute approximate surface area is 184 Å². The number of thiophene rings is 1. The molecule has 1 amide bonds. The summed E-state index contributed by atoms with van der Waals surface area (Å²) in [7, 11) is 0. The van der Waals surface area contributed by atoms with Gasteiger partial charge >= 0.3 is 5.97 Å². The van der Waals surface area contributed by atoms with Gasteiger partial charge in [0.25, 0.3) is 5.91 Å². The summed E-state index contributed by atoms with van der Waals surface area (Å²) in [5.74, 6) is -0.708. The first-order valence-electron chi connectivity index (χ1n) is 10.00. The minimum Gasteiger partial charge on any atom is -0.478 e. The third kappa shape index (κ3) is 6.20. The lowest BCUT2D eigenvalue weighted by atomic mass is 10.0. The van der Waals surface area contributed by atoms with Crippen LogP contribution < -0.4 is 16.0 Å². The van der Waals surface area contributed by atoms with Crippen LogP contribution in [0.4, 0.5) is 0 Å². The number of aromatic nitrogens is 3. The lowest BCUT2D eigenvalue weighted by molar-refractivity contribution is -0.146. The van der Waals surface area contributed by atoms with E-state index >= 15 is 0 Å². The average Bonchev–Trinajstić information content (AvgIpc) is 3.45. The molecule has 9 nitrogen and oxygen atoms in total. The number of nitrogens with zero attached hydrogens (tertiary/aromatic N) is 2. The van der Waals surface area contributed by atoms with E-state index in [4.69, 9.17) is 0 Å². The van der Waals surface area contributed by atoms with Crippen molar-refractivity contribution in [3.05, 3.63) is 70.2 Å². The second-order valence-corrected chi connectivity index (χ2v) is 8.20. The quantitative estimate of drug-likeness (QED) is 0.272. The van der Waals surface area contributed by atoms with Crippen molar-refractivity contribution in [2.24, 2.45) is 0 Å². The van der Waals surface area contributed by atoms with Crippen molar-refractivity contribution in [1.82, 2.24) is 30.9 Å². The number of imidazole rings is 1. The monoisotopic (exact) mass is 442 g/mol. The molecule has 0 saturated heterocycles. The Bertz CT molecular complexity index is 976. The number of carbonyl (C=O) groups excluding carboxylic acids is 1. The number of carboxylic acid groups (broad SMARTS) is 1. The first-order valence-corrected chi connectivity index (χ1v) is 10.8. The van der Waals surface area contributed by atoms with Crippen LogP contribution >= 0.6 is 11.3 Å². The molecule has 0 unspecified atom stereocenters. The highest BCUT2D eigenvalue weighted by atomic mass is 32.1. The molecule has 0 aliphatic carbocycles. The molecule has 31 heavy (non-hydrogen) atoms. The summed E-state index contributed by atoms with van der Waals surface area (Å²) in [6.07, 6.45) is 7.60. The van der Waals surface area contributed by atoms with Gasteiger partial charge in [0.2, 0.25) is 0 Å². The molecule has 5 N–H and O–H groups in total. The molecule has 3 aromatic heterocycles. The summed E-state index contributed by atoms with van der Waals surface area (Å²) in [6.45, 7) is 3.32. The molecule has 3 rings (SSSR count). The van der Waals surface area contributed by atoms with E-state index in [0.29, 0.717) is 24.4 Å². The van der Waals surface area contributed by atoms with E-state index in [1.165, 1.54) is 11.3 Å². The number of nitrogens with one attached hydrogen (secondary N) is 4. The van der Waals surface area contributed by atoms with E-state index in [0.717, 1.165) is 16.3 Å². The molecule has 0 spiro atoms. The van der Waals surface area contributed by atoms with Crippen molar-refractivity contribution >= 4 is 23.2 Å². The van der Waals surface area contributed by atoms with Crippen molar-refractivity contribution < 1.29 is 14.7 Å². The SMILES string of the molecule is CCC[C@](NCc1cccnc1)(NC(=O)c1ccc(CNCc2ncc[nH]2)s1)C(=O)O. The van der Waals surface area contributed by atoms with E-state index in [1.807, 2.05) is 19.1 Å². The Morgan fingerprint density at radius 2 is 2.06 bits per heavy atom. The number of amides is 1. The summed E-state index contributed by atoms with van der Waals surface area (Å²) in [5.41, 5.74) is -0.733. The molecule has 3 heterocycles. The highest BCUT2D eigenvalue weighted by molar-refractivity contribution is 7.14. The fraction of sp³-hybridized carbons (Fsp3) is 0.333. The van der Waals surface area contributed by atoms with Gasteiger partial charge in [0.1, 0.15) is 5.82 Å². The standard InChI is InChI=1S/C21H26N6O3S/c1-2-7-21(20(29)30,26-12-15-4-3-8-22-11-15)27-19(28)17-6-5-16(31-17)13-23-14-18-24-9-10-25-18/h3-6,8-11,23,26H,2,7,12-14H2,1H3,(H,24,25)(H,27,28)(H,29,30)/t21-/m0/s1. The first-order chi connectivity index (χ1) is 15.0. The highest BCUT2D eigenvalue weighted by Crippen LogP contribution is 2.19. The molecular formula is C21H26N6O3S. The fourth-order valence-electron chi connectivity index (χ4n) is 3.11. The van der Waals surface area contributed by atoms with Gasteiger partial charge in [-0.15, -0.1) is 11.3 Å². The van der Waals surface area contributed by atoms with Crippen LogP contribution in [-0.4, -0.2) is 37.6 Å². The maximum Gasteiger partial charge on any atom is 0.344 e. The molecule has 0 saturated carbocycles. The van der Waals surface area contributed by atoms with Gasteiger partial charge in [-0.2, -0.15) is 0 Å². The Hall–Kier alpha value is -3.08. The van der Waals surface area contributed by atoms with Crippen LogP contribution in [-0.2, 0) is 24.4 Å². The van der Waals surface area contributed by atoms with Crippen molar-refractivity contribution in [3.63, 3.8) is 0 Å². The number of rotatable bonds is 12. The first kappa shape index (κ1) is 22.6. The van der Waals surface area contributed by atoms with Crippen molar-refractivity contribution in [3.8, 4) is 0 Å². The van der Waals surface area contributed by atoms with Gasteiger partial charge in [0.05, 0.1) is 11.4 Å². The number of aromatic amines is 1. The Balaban J connectivity index is 1.63. The normalized spacial score (nSPS) is 12.9. The van der Waals surface area contributed by atoms with Crippen molar-refractivity contribution in [2.45, 2.75) is 45.1 Å². The molecule has 0 bridgehead atoms. The Morgan fingerprint density at radius 3 is 2.74 bits per heavy atom. The molecule has 10 heteroatoms. The minimum absolute atomic E-state index is 0.247. The van der Waals surface area contributed by atoms with Crippen LogP contribution in [0.15, 0.2) is 49.1 Å². The summed E-state index contributed by atoms with van der Waals surface area (Å²) in [4.78, 5) is 37.7. The average molecular weight is 443 g/mol. The van der Waals surface area contributed by atoms with Gasteiger partial charge in [-0.1, -0.05) is 19.4 Å². The molecular weight excluding hydrogens is 416 g/mol. The van der Waals surface area contributed by atoms with Crippen LogP contribution in [0.2, 0.25) is 0 Å². The summed E-state index contributed by atoms with van der Waals surface area (Å²) >= 11 is 1.33. The van der Waals surface area contributed by atoms with Gasteiger partial charge in [0.15, 0.2) is 5.66 Å². The fourth-order valence-corrected chi connectivity index (χ4v) is 3.98. The van der Waals surface area contributed by atoms with Gasteiger partial charge in [-0.3, -0.25) is 15.1 Å². The number of pyridine rings is 1. The third-order valence-electron chi connectivity index (χ3n) is 4.67. The number of carboxylic acids is 1. The molecule has 164 valence electrons. The Morgan fingerprint density at radius 1 is 1.19 bits per heavy atom. The summed E-state index contributed by atoms with van der Waals surface area (Å²) in [5, 5.41) is 18.9.